The average Bonchev–Trinajstić information content (AvgIpc) is 3.32. The van der Waals surface area contributed by atoms with Gasteiger partial charge in [0.25, 0.3) is 5.91 Å². The van der Waals surface area contributed by atoms with Gasteiger partial charge in [-0.25, -0.2) is 18.1 Å². The third-order valence-corrected chi connectivity index (χ3v) is 8.17. The summed E-state index contributed by atoms with van der Waals surface area (Å²) in [6, 6.07) is 9.65. The number of unbranched alkanes of at least 4 members (excludes halogenated alkanes) is 1. The summed E-state index contributed by atoms with van der Waals surface area (Å²) in [5.74, 6) is 0.177. The lowest BCUT2D eigenvalue weighted by molar-refractivity contribution is 0.0764. The molecule has 1 aliphatic heterocycles. The van der Waals surface area contributed by atoms with Crippen LogP contribution in [-0.4, -0.2) is 58.6 Å². The number of pyridine rings is 1. The fraction of sp³-hybridized carbons (Fsp3) is 0.480. The minimum Gasteiger partial charge on any atom is -0.339 e. The Hall–Kier alpha value is -2.74. The second-order valence-electron chi connectivity index (χ2n) is 8.94. The second-order valence-corrected chi connectivity index (χ2v) is 11.2. The van der Waals surface area contributed by atoms with Gasteiger partial charge < -0.3 is 4.90 Å². The van der Waals surface area contributed by atoms with E-state index in [0.29, 0.717) is 42.1 Å². The number of aryl methyl sites for hydroxylation is 2. The topological polar surface area (TPSA) is 85.2 Å². The highest BCUT2D eigenvalue weighted by molar-refractivity contribution is 7.91. The number of hydrogen-bond acceptors (Lipinski definition) is 5. The summed E-state index contributed by atoms with van der Waals surface area (Å²) in [7, 11) is -3.09. The molecule has 1 amide bonds. The fourth-order valence-electron chi connectivity index (χ4n) is 4.50. The monoisotopic (exact) mass is 468 g/mol. The number of sulfone groups is 1. The minimum atomic E-state index is -3.09. The van der Waals surface area contributed by atoms with E-state index < -0.39 is 9.84 Å². The summed E-state index contributed by atoms with van der Waals surface area (Å²) in [5.41, 5.74) is 4.62. The highest BCUT2D eigenvalue weighted by atomic mass is 32.2. The van der Waals surface area contributed by atoms with E-state index in [9.17, 15) is 13.2 Å². The normalized spacial score (nSPS) is 17.5. The summed E-state index contributed by atoms with van der Waals surface area (Å²) in [6.45, 7) is 9.32. The van der Waals surface area contributed by atoms with Gasteiger partial charge >= 0.3 is 0 Å². The lowest BCUT2D eigenvalue weighted by atomic mass is 10.0. The van der Waals surface area contributed by atoms with Gasteiger partial charge in [-0.2, -0.15) is 5.10 Å². The van der Waals surface area contributed by atoms with Crippen LogP contribution in [0.15, 0.2) is 30.3 Å². The molecular formula is C25H32N4O3S. The molecule has 0 bridgehead atoms. The van der Waals surface area contributed by atoms with Gasteiger partial charge in [-0.3, -0.25) is 4.79 Å². The smallest absolute Gasteiger partial charge is 0.254 e. The van der Waals surface area contributed by atoms with E-state index in [4.69, 9.17) is 10.1 Å². The second kappa shape index (κ2) is 9.25. The van der Waals surface area contributed by atoms with Crippen molar-refractivity contribution in [2.45, 2.75) is 53.0 Å². The summed E-state index contributed by atoms with van der Waals surface area (Å²) in [4.78, 5) is 20.5. The molecule has 1 unspecified atom stereocenters. The number of carbonyl (C=O) groups is 1. The van der Waals surface area contributed by atoms with Gasteiger partial charge in [-0.1, -0.05) is 43.2 Å². The van der Waals surface area contributed by atoms with Crippen LogP contribution in [0.1, 0.15) is 60.8 Å². The Kier molecular flexibility index (Phi) is 6.56. The van der Waals surface area contributed by atoms with E-state index in [0.717, 1.165) is 29.4 Å². The third-order valence-electron chi connectivity index (χ3n) is 6.42. The molecule has 1 fully saturated rings. The lowest BCUT2D eigenvalue weighted by Crippen LogP contribution is -2.32. The van der Waals surface area contributed by atoms with Crippen molar-refractivity contribution in [3.8, 4) is 11.3 Å². The van der Waals surface area contributed by atoms with Crippen LogP contribution in [0.2, 0.25) is 0 Å². The molecule has 2 aromatic heterocycles. The Bertz CT molecular complexity index is 1280. The summed E-state index contributed by atoms with van der Waals surface area (Å²) >= 11 is 0. The standard InChI is InChI=1S/C25H32N4O3S/c1-5-7-13-28(6-2)25(30)21-15-22(19-10-8-17(3)9-11-19)26-24-23(21)18(4)27-29(24)20-12-14-33(31,32)16-20/h8-11,15,20H,5-7,12-14,16H2,1-4H3. The number of rotatable bonds is 7. The summed E-state index contributed by atoms with van der Waals surface area (Å²) < 4.78 is 26.1. The Morgan fingerprint density at radius 1 is 1.18 bits per heavy atom. The number of benzene rings is 1. The zero-order valence-electron chi connectivity index (χ0n) is 19.8. The van der Waals surface area contributed by atoms with Crippen LogP contribution in [0.3, 0.4) is 0 Å². The van der Waals surface area contributed by atoms with Crippen molar-refractivity contribution in [3.63, 3.8) is 0 Å². The SMILES string of the molecule is CCCCN(CC)C(=O)c1cc(-c2ccc(C)cc2)nc2c1c(C)nn2C1CCS(=O)(=O)C1. The van der Waals surface area contributed by atoms with Gasteiger partial charge in [0.1, 0.15) is 0 Å². The van der Waals surface area contributed by atoms with Gasteiger partial charge in [0.05, 0.1) is 39.9 Å². The molecular weight excluding hydrogens is 436 g/mol. The number of amides is 1. The molecule has 0 aliphatic carbocycles. The zero-order chi connectivity index (χ0) is 23.8. The van der Waals surface area contributed by atoms with Gasteiger partial charge in [-0.15, -0.1) is 0 Å². The molecule has 4 rings (SSSR count). The molecule has 3 aromatic rings. The third kappa shape index (κ3) is 4.67. The van der Waals surface area contributed by atoms with Crippen LogP contribution < -0.4 is 0 Å². The zero-order valence-corrected chi connectivity index (χ0v) is 20.7. The van der Waals surface area contributed by atoms with Crippen molar-refractivity contribution < 1.29 is 13.2 Å². The molecule has 33 heavy (non-hydrogen) atoms. The molecule has 1 saturated heterocycles. The van der Waals surface area contributed by atoms with Crippen LogP contribution in [0.5, 0.6) is 0 Å². The molecule has 8 heteroatoms. The largest absolute Gasteiger partial charge is 0.339 e. The Labute approximate surface area is 195 Å². The van der Waals surface area contributed by atoms with Crippen molar-refractivity contribution in [3.05, 3.63) is 47.2 Å². The molecule has 176 valence electrons. The van der Waals surface area contributed by atoms with Crippen molar-refractivity contribution in [2.24, 2.45) is 0 Å². The predicted octanol–water partition coefficient (Wildman–Crippen LogP) is 4.34. The van der Waals surface area contributed by atoms with Gasteiger partial charge in [0.15, 0.2) is 15.5 Å². The number of fused-ring (bicyclic) bond motifs is 1. The molecule has 0 saturated carbocycles. The molecule has 0 N–H and O–H groups in total. The molecule has 0 spiro atoms. The van der Waals surface area contributed by atoms with Gasteiger partial charge in [0, 0.05) is 18.7 Å². The number of aromatic nitrogens is 3. The maximum atomic E-state index is 13.7. The van der Waals surface area contributed by atoms with E-state index in [1.54, 1.807) is 4.68 Å². The first-order chi connectivity index (χ1) is 15.7. The van der Waals surface area contributed by atoms with Crippen LogP contribution in [0.25, 0.3) is 22.3 Å². The Morgan fingerprint density at radius 2 is 1.91 bits per heavy atom. The molecule has 1 aromatic carbocycles. The highest BCUT2D eigenvalue weighted by Crippen LogP contribution is 2.32. The van der Waals surface area contributed by atoms with E-state index >= 15 is 0 Å². The first kappa shape index (κ1) is 23.4. The van der Waals surface area contributed by atoms with Gasteiger partial charge in [0.2, 0.25) is 0 Å². The van der Waals surface area contributed by atoms with Crippen LogP contribution in [-0.2, 0) is 9.84 Å². The minimum absolute atomic E-state index is 0.0339. The van der Waals surface area contributed by atoms with E-state index in [2.05, 4.69) is 6.92 Å². The fourth-order valence-corrected chi connectivity index (χ4v) is 6.19. The van der Waals surface area contributed by atoms with E-state index in [-0.39, 0.29) is 23.5 Å². The summed E-state index contributed by atoms with van der Waals surface area (Å²) in [5, 5.41) is 5.41. The van der Waals surface area contributed by atoms with Crippen molar-refractivity contribution in [2.75, 3.05) is 24.6 Å². The molecule has 1 atom stereocenters. The first-order valence-corrected chi connectivity index (χ1v) is 13.5. The molecule has 1 aliphatic rings. The van der Waals surface area contributed by atoms with Crippen molar-refractivity contribution >= 4 is 26.8 Å². The maximum Gasteiger partial charge on any atom is 0.254 e. The van der Waals surface area contributed by atoms with Gasteiger partial charge in [-0.05, 0) is 39.7 Å². The first-order valence-electron chi connectivity index (χ1n) is 11.7. The van der Waals surface area contributed by atoms with E-state index in [1.807, 2.05) is 56.0 Å². The van der Waals surface area contributed by atoms with Crippen molar-refractivity contribution in [1.29, 1.82) is 0 Å². The molecule has 0 radical (unpaired) electrons. The summed E-state index contributed by atoms with van der Waals surface area (Å²) in [6.07, 6.45) is 2.46. The van der Waals surface area contributed by atoms with Crippen molar-refractivity contribution in [1.82, 2.24) is 19.7 Å². The van der Waals surface area contributed by atoms with E-state index in [1.165, 1.54) is 0 Å². The number of hydrogen-bond donors (Lipinski definition) is 0. The number of nitrogens with zero attached hydrogens (tertiary/aromatic N) is 4. The Morgan fingerprint density at radius 3 is 2.52 bits per heavy atom. The number of carbonyl (C=O) groups excluding carboxylic acids is 1. The highest BCUT2D eigenvalue weighted by Gasteiger charge is 2.33. The Balaban J connectivity index is 1.91. The lowest BCUT2D eigenvalue weighted by Gasteiger charge is -2.21. The maximum absolute atomic E-state index is 13.7. The van der Waals surface area contributed by atoms with Crippen LogP contribution in [0.4, 0.5) is 0 Å². The molecule has 3 heterocycles. The molecule has 7 nitrogen and oxygen atoms in total. The average molecular weight is 469 g/mol. The predicted molar refractivity (Wildman–Crippen MR) is 131 cm³/mol. The quantitative estimate of drug-likeness (QED) is 0.515. The van der Waals surface area contributed by atoms with Crippen LogP contribution in [0, 0.1) is 13.8 Å². The van der Waals surface area contributed by atoms with Crippen LogP contribution >= 0.6 is 0 Å².